The molecule has 0 unspecified atom stereocenters. The van der Waals surface area contributed by atoms with E-state index in [2.05, 4.69) is 25.6 Å². The summed E-state index contributed by atoms with van der Waals surface area (Å²) in [6.45, 7) is 1.89. The summed E-state index contributed by atoms with van der Waals surface area (Å²) in [7, 11) is 0. The SMILES string of the molecule is Cc1cc(Oc2ncccn2)ccc1NC(=O)c1c(NC(=O)c2cccnc2)sc2c1CCCC2. The van der Waals surface area contributed by atoms with Crippen LogP contribution in [0.15, 0.2) is 61.2 Å². The first-order valence-electron chi connectivity index (χ1n) is 11.3. The van der Waals surface area contributed by atoms with Gasteiger partial charge in [-0.3, -0.25) is 14.6 Å². The fourth-order valence-corrected chi connectivity index (χ4v) is 5.32. The highest BCUT2D eigenvalue weighted by Gasteiger charge is 2.27. The van der Waals surface area contributed by atoms with Gasteiger partial charge in [-0.2, -0.15) is 0 Å². The number of aryl methyl sites for hydroxylation is 2. The number of hydrogen-bond acceptors (Lipinski definition) is 7. The molecule has 4 aromatic rings. The topological polar surface area (TPSA) is 106 Å². The number of nitrogens with one attached hydrogen (secondary N) is 2. The normalized spacial score (nSPS) is 12.5. The van der Waals surface area contributed by atoms with Crippen LogP contribution in [-0.2, 0) is 12.8 Å². The van der Waals surface area contributed by atoms with Crippen molar-refractivity contribution in [3.63, 3.8) is 0 Å². The van der Waals surface area contributed by atoms with Gasteiger partial charge in [0.05, 0.1) is 11.1 Å². The highest BCUT2D eigenvalue weighted by molar-refractivity contribution is 7.17. The largest absolute Gasteiger partial charge is 0.424 e. The second-order valence-corrected chi connectivity index (χ2v) is 9.28. The van der Waals surface area contributed by atoms with Gasteiger partial charge in [0.25, 0.3) is 11.8 Å². The Morgan fingerprint density at radius 3 is 2.57 bits per heavy atom. The highest BCUT2D eigenvalue weighted by atomic mass is 32.1. The molecule has 0 radical (unpaired) electrons. The summed E-state index contributed by atoms with van der Waals surface area (Å²) in [6.07, 6.45) is 10.2. The third-order valence-electron chi connectivity index (χ3n) is 5.75. The Labute approximate surface area is 206 Å². The Hall–Kier alpha value is -4.11. The number of fused-ring (bicyclic) bond motifs is 1. The second kappa shape index (κ2) is 10.0. The number of hydrogen-bond donors (Lipinski definition) is 2. The number of ether oxygens (including phenoxy) is 1. The number of carbonyl (C=O) groups excluding carboxylic acids is 2. The summed E-state index contributed by atoms with van der Waals surface area (Å²) in [5.74, 6) is 0.0460. The zero-order chi connectivity index (χ0) is 24.2. The van der Waals surface area contributed by atoms with E-state index >= 15 is 0 Å². The number of carbonyl (C=O) groups is 2. The number of benzene rings is 1. The number of rotatable bonds is 6. The molecule has 0 bridgehead atoms. The number of amides is 2. The lowest BCUT2D eigenvalue weighted by atomic mass is 9.95. The fourth-order valence-electron chi connectivity index (χ4n) is 4.03. The van der Waals surface area contributed by atoms with E-state index in [0.29, 0.717) is 27.6 Å². The molecule has 35 heavy (non-hydrogen) atoms. The lowest BCUT2D eigenvalue weighted by Gasteiger charge is -2.15. The summed E-state index contributed by atoms with van der Waals surface area (Å²) >= 11 is 1.48. The van der Waals surface area contributed by atoms with Crippen LogP contribution in [0.1, 0.15) is 49.6 Å². The van der Waals surface area contributed by atoms with Gasteiger partial charge in [0.2, 0.25) is 0 Å². The van der Waals surface area contributed by atoms with Crippen molar-refractivity contribution in [1.29, 1.82) is 0 Å². The maximum atomic E-state index is 13.5. The third-order valence-corrected chi connectivity index (χ3v) is 6.95. The molecule has 9 heteroatoms. The molecule has 5 rings (SSSR count). The number of aromatic nitrogens is 3. The van der Waals surface area contributed by atoms with E-state index in [1.807, 2.05) is 13.0 Å². The first kappa shape index (κ1) is 22.7. The molecular formula is C26H23N5O3S. The Bertz CT molecular complexity index is 1370. The average molecular weight is 486 g/mol. The van der Waals surface area contributed by atoms with Gasteiger partial charge >= 0.3 is 6.01 Å². The minimum atomic E-state index is -0.286. The molecule has 1 aliphatic carbocycles. The molecule has 176 valence electrons. The lowest BCUT2D eigenvalue weighted by Crippen LogP contribution is -2.19. The molecule has 0 aliphatic heterocycles. The minimum absolute atomic E-state index is 0.242. The van der Waals surface area contributed by atoms with Crippen LogP contribution in [0.2, 0.25) is 0 Å². The Balaban J connectivity index is 1.39. The molecule has 8 nitrogen and oxygen atoms in total. The van der Waals surface area contributed by atoms with E-state index in [-0.39, 0.29) is 17.8 Å². The summed E-state index contributed by atoms with van der Waals surface area (Å²) in [5.41, 5.74) is 3.51. The van der Waals surface area contributed by atoms with Crippen molar-refractivity contribution in [1.82, 2.24) is 15.0 Å². The zero-order valence-electron chi connectivity index (χ0n) is 19.1. The molecule has 3 heterocycles. The molecule has 2 amide bonds. The van der Waals surface area contributed by atoms with Crippen LogP contribution in [0.3, 0.4) is 0 Å². The Morgan fingerprint density at radius 1 is 0.971 bits per heavy atom. The van der Waals surface area contributed by atoms with Crippen LogP contribution in [0, 0.1) is 6.92 Å². The van der Waals surface area contributed by atoms with Gasteiger partial charge in [-0.25, -0.2) is 9.97 Å². The second-order valence-electron chi connectivity index (χ2n) is 8.18. The smallest absolute Gasteiger partial charge is 0.321 e. The van der Waals surface area contributed by atoms with Crippen LogP contribution in [0.4, 0.5) is 10.7 Å². The van der Waals surface area contributed by atoms with Crippen LogP contribution in [0.5, 0.6) is 11.8 Å². The lowest BCUT2D eigenvalue weighted by molar-refractivity contribution is 0.102. The van der Waals surface area contributed by atoms with Gasteiger partial charge in [0.15, 0.2) is 0 Å². The number of thiophene rings is 1. The van der Waals surface area contributed by atoms with Crippen LogP contribution < -0.4 is 15.4 Å². The van der Waals surface area contributed by atoms with Gasteiger partial charge in [-0.05, 0) is 80.1 Å². The summed E-state index contributed by atoms with van der Waals surface area (Å²) in [5, 5.41) is 6.54. The molecule has 2 N–H and O–H groups in total. The van der Waals surface area contributed by atoms with Crippen molar-refractivity contribution in [3.8, 4) is 11.8 Å². The van der Waals surface area contributed by atoms with Crippen LogP contribution >= 0.6 is 11.3 Å². The molecule has 0 saturated heterocycles. The molecule has 0 fully saturated rings. The predicted octanol–water partition coefficient (Wildman–Crippen LogP) is 5.42. The average Bonchev–Trinajstić information content (AvgIpc) is 3.24. The van der Waals surface area contributed by atoms with Gasteiger partial charge < -0.3 is 15.4 Å². The van der Waals surface area contributed by atoms with E-state index in [4.69, 9.17) is 4.74 Å². The van der Waals surface area contributed by atoms with Gasteiger partial charge in [0, 0.05) is 35.4 Å². The highest BCUT2D eigenvalue weighted by Crippen LogP contribution is 2.39. The third kappa shape index (κ3) is 5.04. The van der Waals surface area contributed by atoms with E-state index in [1.54, 1.807) is 48.9 Å². The van der Waals surface area contributed by atoms with E-state index in [9.17, 15) is 9.59 Å². The molecule has 0 spiro atoms. The standard InChI is InChI=1S/C26H23N5O3S/c1-16-14-18(34-26-28-12-5-13-29-26)9-10-20(16)30-24(33)22-19-7-2-3-8-21(19)35-25(22)31-23(32)17-6-4-11-27-15-17/h4-6,9-15H,2-3,7-8H2,1H3,(H,30,33)(H,31,32). The molecule has 1 aliphatic rings. The predicted molar refractivity (Wildman–Crippen MR) is 134 cm³/mol. The Morgan fingerprint density at radius 2 is 1.80 bits per heavy atom. The molecule has 3 aromatic heterocycles. The van der Waals surface area contributed by atoms with Crippen molar-refractivity contribution in [2.75, 3.05) is 10.6 Å². The van der Waals surface area contributed by atoms with Crippen molar-refractivity contribution >= 4 is 33.8 Å². The first-order valence-corrected chi connectivity index (χ1v) is 12.1. The molecular weight excluding hydrogens is 462 g/mol. The van der Waals surface area contributed by atoms with Gasteiger partial charge in [0.1, 0.15) is 10.8 Å². The fraction of sp³-hybridized carbons (Fsp3) is 0.192. The molecule has 0 atom stereocenters. The van der Waals surface area contributed by atoms with E-state index in [1.165, 1.54) is 17.5 Å². The monoisotopic (exact) mass is 485 g/mol. The maximum Gasteiger partial charge on any atom is 0.321 e. The quantitative estimate of drug-likeness (QED) is 0.378. The van der Waals surface area contributed by atoms with Crippen molar-refractivity contribution in [2.45, 2.75) is 32.6 Å². The number of nitrogens with zero attached hydrogens (tertiary/aromatic N) is 3. The zero-order valence-corrected chi connectivity index (χ0v) is 19.9. The van der Waals surface area contributed by atoms with Crippen LogP contribution in [-0.4, -0.2) is 26.8 Å². The maximum absolute atomic E-state index is 13.5. The molecule has 0 saturated carbocycles. The number of pyridine rings is 1. The van der Waals surface area contributed by atoms with E-state index < -0.39 is 0 Å². The van der Waals surface area contributed by atoms with Crippen LogP contribution in [0.25, 0.3) is 0 Å². The summed E-state index contributed by atoms with van der Waals surface area (Å²) in [6, 6.07) is 10.7. The van der Waals surface area contributed by atoms with Crippen molar-refractivity contribution in [2.24, 2.45) is 0 Å². The van der Waals surface area contributed by atoms with Crippen molar-refractivity contribution < 1.29 is 14.3 Å². The minimum Gasteiger partial charge on any atom is -0.424 e. The van der Waals surface area contributed by atoms with Crippen molar-refractivity contribution in [3.05, 3.63) is 88.3 Å². The first-order chi connectivity index (χ1) is 17.1. The molecule has 1 aromatic carbocycles. The summed E-state index contributed by atoms with van der Waals surface area (Å²) < 4.78 is 5.68. The van der Waals surface area contributed by atoms with Gasteiger partial charge in [-0.15, -0.1) is 11.3 Å². The van der Waals surface area contributed by atoms with E-state index in [0.717, 1.165) is 41.7 Å². The van der Waals surface area contributed by atoms with Gasteiger partial charge in [-0.1, -0.05) is 0 Å². The summed E-state index contributed by atoms with van der Waals surface area (Å²) in [4.78, 5) is 39.6. The Kier molecular flexibility index (Phi) is 6.49. The number of anilines is 2.